The first-order valence-electron chi connectivity index (χ1n) is 13.4. The van der Waals surface area contributed by atoms with Gasteiger partial charge in [0, 0.05) is 16.5 Å². The van der Waals surface area contributed by atoms with Crippen LogP contribution in [-0.2, 0) is 0 Å². The van der Waals surface area contributed by atoms with Crippen molar-refractivity contribution >= 4 is 32.6 Å². The molecular formula is C37H29N. The number of hydrogen-bond acceptors (Lipinski definition) is 0. The minimum absolute atomic E-state index is 0.525. The monoisotopic (exact) mass is 487 g/mol. The third-order valence-corrected chi connectivity index (χ3v) is 7.79. The Balaban J connectivity index is 1.47. The van der Waals surface area contributed by atoms with Gasteiger partial charge in [0.05, 0.1) is 11.0 Å². The van der Waals surface area contributed by atoms with Crippen LogP contribution in [0, 0.1) is 0 Å². The van der Waals surface area contributed by atoms with Gasteiger partial charge in [0.2, 0.25) is 0 Å². The summed E-state index contributed by atoms with van der Waals surface area (Å²) in [6, 6.07) is 48.8. The minimum atomic E-state index is 0.525. The predicted molar refractivity (Wildman–Crippen MR) is 163 cm³/mol. The van der Waals surface area contributed by atoms with Gasteiger partial charge >= 0.3 is 0 Å². The topological polar surface area (TPSA) is 4.93 Å². The van der Waals surface area contributed by atoms with Gasteiger partial charge in [-0.2, -0.15) is 0 Å². The largest absolute Gasteiger partial charge is 0.309 e. The molecule has 0 saturated carbocycles. The SMILES string of the molecule is CC(C)c1ccc(-c2cccc3cccc(-c4ccc5c(c4)c4ccccc4n5-c4ccccc4)c23)cc1. The van der Waals surface area contributed by atoms with Gasteiger partial charge in [-0.25, -0.2) is 0 Å². The van der Waals surface area contributed by atoms with E-state index in [0.717, 1.165) is 0 Å². The number of para-hydroxylation sites is 2. The molecule has 0 saturated heterocycles. The summed E-state index contributed by atoms with van der Waals surface area (Å²) < 4.78 is 2.37. The second-order valence-corrected chi connectivity index (χ2v) is 10.4. The van der Waals surface area contributed by atoms with Crippen LogP contribution in [-0.4, -0.2) is 4.57 Å². The average molecular weight is 488 g/mol. The van der Waals surface area contributed by atoms with Gasteiger partial charge in [0.25, 0.3) is 0 Å². The van der Waals surface area contributed by atoms with Crippen molar-refractivity contribution in [1.82, 2.24) is 4.57 Å². The molecule has 1 heterocycles. The fraction of sp³-hybridized carbons (Fsp3) is 0.0811. The van der Waals surface area contributed by atoms with Crippen molar-refractivity contribution in [3.63, 3.8) is 0 Å². The van der Waals surface area contributed by atoms with Gasteiger partial charge in [0.1, 0.15) is 0 Å². The second-order valence-electron chi connectivity index (χ2n) is 10.4. The van der Waals surface area contributed by atoms with Crippen molar-refractivity contribution in [3.8, 4) is 27.9 Å². The second kappa shape index (κ2) is 9.04. The highest BCUT2D eigenvalue weighted by atomic mass is 15.0. The summed E-state index contributed by atoms with van der Waals surface area (Å²) in [5, 5.41) is 5.12. The van der Waals surface area contributed by atoms with Crippen LogP contribution in [0.25, 0.3) is 60.5 Å². The van der Waals surface area contributed by atoms with Gasteiger partial charge in [-0.15, -0.1) is 0 Å². The van der Waals surface area contributed by atoms with Gasteiger partial charge < -0.3 is 4.57 Å². The van der Waals surface area contributed by atoms with E-state index >= 15 is 0 Å². The molecule has 0 aliphatic carbocycles. The molecule has 0 N–H and O–H groups in total. The number of rotatable bonds is 4. The van der Waals surface area contributed by atoms with Gasteiger partial charge in [-0.3, -0.25) is 0 Å². The van der Waals surface area contributed by atoms with E-state index in [1.54, 1.807) is 0 Å². The first-order chi connectivity index (χ1) is 18.7. The fourth-order valence-corrected chi connectivity index (χ4v) is 5.87. The van der Waals surface area contributed by atoms with Crippen molar-refractivity contribution in [2.24, 2.45) is 0 Å². The average Bonchev–Trinajstić information content (AvgIpc) is 3.31. The molecule has 182 valence electrons. The molecule has 0 radical (unpaired) electrons. The number of hydrogen-bond donors (Lipinski definition) is 0. The first-order valence-corrected chi connectivity index (χ1v) is 13.4. The van der Waals surface area contributed by atoms with E-state index in [1.165, 1.54) is 66.1 Å². The maximum absolute atomic E-state index is 2.38. The quantitative estimate of drug-likeness (QED) is 0.233. The Morgan fingerprint density at radius 2 is 1.13 bits per heavy atom. The zero-order valence-electron chi connectivity index (χ0n) is 21.7. The molecule has 1 heteroatoms. The Morgan fingerprint density at radius 1 is 0.500 bits per heavy atom. The molecule has 0 bridgehead atoms. The highest BCUT2D eigenvalue weighted by Gasteiger charge is 2.15. The van der Waals surface area contributed by atoms with Crippen LogP contribution in [0.4, 0.5) is 0 Å². The Kier molecular flexibility index (Phi) is 5.37. The van der Waals surface area contributed by atoms with Crippen molar-refractivity contribution < 1.29 is 0 Å². The summed E-state index contributed by atoms with van der Waals surface area (Å²) in [6.07, 6.45) is 0. The van der Waals surface area contributed by atoms with Gasteiger partial charge in [0.15, 0.2) is 0 Å². The molecule has 0 amide bonds. The number of nitrogens with zero attached hydrogens (tertiary/aromatic N) is 1. The normalized spacial score (nSPS) is 11.7. The maximum atomic E-state index is 2.38. The van der Waals surface area contributed by atoms with Crippen LogP contribution in [0.3, 0.4) is 0 Å². The fourth-order valence-electron chi connectivity index (χ4n) is 5.87. The molecule has 0 spiro atoms. The smallest absolute Gasteiger partial charge is 0.0541 e. The molecule has 0 fully saturated rings. The first kappa shape index (κ1) is 22.6. The Labute approximate surface area is 223 Å². The van der Waals surface area contributed by atoms with E-state index in [4.69, 9.17) is 0 Å². The summed E-state index contributed by atoms with van der Waals surface area (Å²) in [4.78, 5) is 0. The zero-order chi connectivity index (χ0) is 25.6. The lowest BCUT2D eigenvalue weighted by Gasteiger charge is -2.14. The lowest BCUT2D eigenvalue weighted by atomic mass is 9.90. The molecule has 1 nitrogen and oxygen atoms in total. The Bertz CT molecular complexity index is 1920. The van der Waals surface area contributed by atoms with E-state index < -0.39 is 0 Å². The van der Waals surface area contributed by atoms with Crippen LogP contribution >= 0.6 is 0 Å². The highest BCUT2D eigenvalue weighted by molar-refractivity contribution is 6.12. The molecule has 0 atom stereocenters. The van der Waals surface area contributed by atoms with Crippen LogP contribution in [0.2, 0.25) is 0 Å². The van der Waals surface area contributed by atoms with Crippen LogP contribution in [0.15, 0.2) is 133 Å². The van der Waals surface area contributed by atoms with E-state index in [-0.39, 0.29) is 0 Å². The predicted octanol–water partition coefficient (Wildman–Crippen LogP) is 10.4. The van der Waals surface area contributed by atoms with E-state index in [0.29, 0.717) is 5.92 Å². The number of benzene rings is 6. The highest BCUT2D eigenvalue weighted by Crippen LogP contribution is 2.40. The summed E-state index contributed by atoms with van der Waals surface area (Å²) in [6.45, 7) is 4.49. The molecule has 1 aromatic heterocycles. The summed E-state index contributed by atoms with van der Waals surface area (Å²) in [5.74, 6) is 0.525. The molecule has 0 aliphatic heterocycles. The van der Waals surface area contributed by atoms with E-state index in [2.05, 4.69) is 152 Å². The number of aromatic nitrogens is 1. The molecular weight excluding hydrogens is 458 g/mol. The van der Waals surface area contributed by atoms with E-state index in [9.17, 15) is 0 Å². The van der Waals surface area contributed by atoms with Crippen LogP contribution in [0.1, 0.15) is 25.3 Å². The lowest BCUT2D eigenvalue weighted by molar-refractivity contribution is 0.867. The van der Waals surface area contributed by atoms with E-state index in [1.807, 2.05) is 0 Å². The zero-order valence-corrected chi connectivity index (χ0v) is 21.7. The molecule has 38 heavy (non-hydrogen) atoms. The van der Waals surface area contributed by atoms with Crippen molar-refractivity contribution in [1.29, 1.82) is 0 Å². The summed E-state index contributed by atoms with van der Waals surface area (Å²) in [7, 11) is 0. The van der Waals surface area contributed by atoms with Gasteiger partial charge in [-0.1, -0.05) is 117 Å². The van der Waals surface area contributed by atoms with Crippen LogP contribution < -0.4 is 0 Å². The molecule has 0 aliphatic rings. The molecule has 0 unspecified atom stereocenters. The van der Waals surface area contributed by atoms with Crippen molar-refractivity contribution in [2.75, 3.05) is 0 Å². The third-order valence-electron chi connectivity index (χ3n) is 7.79. The van der Waals surface area contributed by atoms with Gasteiger partial charge in [-0.05, 0) is 74.8 Å². The maximum Gasteiger partial charge on any atom is 0.0541 e. The van der Waals surface area contributed by atoms with Crippen LogP contribution in [0.5, 0.6) is 0 Å². The Morgan fingerprint density at radius 3 is 1.87 bits per heavy atom. The third kappa shape index (κ3) is 3.63. The molecule has 7 aromatic rings. The lowest BCUT2D eigenvalue weighted by Crippen LogP contribution is -1.93. The number of fused-ring (bicyclic) bond motifs is 4. The molecule has 7 rings (SSSR count). The minimum Gasteiger partial charge on any atom is -0.309 e. The summed E-state index contributed by atoms with van der Waals surface area (Å²) >= 11 is 0. The van der Waals surface area contributed by atoms with Crippen molar-refractivity contribution in [2.45, 2.75) is 19.8 Å². The van der Waals surface area contributed by atoms with Crippen molar-refractivity contribution in [3.05, 3.63) is 139 Å². The summed E-state index contributed by atoms with van der Waals surface area (Å²) in [5.41, 5.74) is 10.1. The standard InChI is InChI=1S/C37H29N/c1-25(2)26-18-20-27(21-19-26)31-15-8-10-28-11-9-16-32(37(28)31)29-22-23-36-34(24-29)33-14-6-7-17-35(33)38(36)30-12-4-3-5-13-30/h3-25H,1-2H3. The molecule has 6 aromatic carbocycles. The Hall–Kier alpha value is -4.62.